The first-order valence-electron chi connectivity index (χ1n) is 11.2. The van der Waals surface area contributed by atoms with Crippen LogP contribution in [-0.4, -0.2) is 33.6 Å². The molecular formula is C26H22F3N5S. The number of H-pyrrole nitrogens is 1. The lowest BCUT2D eigenvalue weighted by molar-refractivity contribution is -0.137. The average Bonchev–Trinajstić information content (AvgIpc) is 3.28. The fraction of sp³-hybridized carbons (Fsp3) is 0.231. The quantitative estimate of drug-likeness (QED) is 0.303. The van der Waals surface area contributed by atoms with Gasteiger partial charge in [0, 0.05) is 35.1 Å². The Balaban J connectivity index is 1.15. The molecule has 0 unspecified atom stereocenters. The molecule has 0 spiro atoms. The van der Waals surface area contributed by atoms with Gasteiger partial charge in [-0.05, 0) is 84.4 Å². The molecule has 0 aliphatic carbocycles. The molecular weight excluding hydrogens is 471 g/mol. The Hall–Kier alpha value is -3.48. The molecule has 0 amide bonds. The summed E-state index contributed by atoms with van der Waals surface area (Å²) in [6.07, 6.45) is -2.48. The number of nitriles is 1. The Bertz CT molecular complexity index is 1350. The van der Waals surface area contributed by atoms with Gasteiger partial charge in [-0.15, -0.1) is 0 Å². The first-order valence-corrected chi connectivity index (χ1v) is 12.0. The number of aromatic amines is 1. The molecule has 1 aliphatic heterocycles. The molecule has 0 radical (unpaired) electrons. The highest BCUT2D eigenvalue weighted by Crippen LogP contribution is 2.32. The molecule has 5 nitrogen and oxygen atoms in total. The summed E-state index contributed by atoms with van der Waals surface area (Å²) in [6, 6.07) is 21.8. The van der Waals surface area contributed by atoms with Gasteiger partial charge in [0.2, 0.25) is 0 Å². The summed E-state index contributed by atoms with van der Waals surface area (Å²) in [5.74, 6) is 0. The van der Waals surface area contributed by atoms with E-state index in [1.54, 1.807) is 11.9 Å². The Labute approximate surface area is 205 Å². The number of anilines is 1. The van der Waals surface area contributed by atoms with Gasteiger partial charge >= 0.3 is 6.18 Å². The number of nitrogens with zero attached hydrogens (tertiary/aromatic N) is 3. The highest BCUT2D eigenvalue weighted by Gasteiger charge is 2.30. The van der Waals surface area contributed by atoms with Crippen LogP contribution >= 0.6 is 11.9 Å². The summed E-state index contributed by atoms with van der Waals surface area (Å²) >= 11 is 1.71. The largest absolute Gasteiger partial charge is 0.416 e. The molecule has 2 N–H and O–H groups in total. The number of piperidine rings is 1. The van der Waals surface area contributed by atoms with Crippen molar-refractivity contribution < 1.29 is 13.2 Å². The molecule has 4 aromatic rings. The number of alkyl halides is 3. The van der Waals surface area contributed by atoms with Crippen LogP contribution in [0.2, 0.25) is 0 Å². The van der Waals surface area contributed by atoms with Gasteiger partial charge in [-0.1, -0.05) is 18.2 Å². The van der Waals surface area contributed by atoms with Crippen molar-refractivity contribution in [1.82, 2.24) is 14.5 Å². The minimum Gasteiger partial charge on any atom is -0.382 e. The summed E-state index contributed by atoms with van der Waals surface area (Å²) < 4.78 is 40.5. The first kappa shape index (κ1) is 23.3. The zero-order valence-electron chi connectivity index (χ0n) is 18.6. The topological polar surface area (TPSA) is 67.7 Å². The van der Waals surface area contributed by atoms with E-state index in [2.05, 4.69) is 50.2 Å². The lowest BCUT2D eigenvalue weighted by Gasteiger charge is -2.32. The lowest BCUT2D eigenvalue weighted by atomic mass is 10.0. The smallest absolute Gasteiger partial charge is 0.382 e. The van der Waals surface area contributed by atoms with Crippen molar-refractivity contribution in [3.63, 3.8) is 0 Å². The Morgan fingerprint density at radius 3 is 2.31 bits per heavy atom. The molecule has 0 saturated carbocycles. The number of hydrogen-bond donors (Lipinski definition) is 2. The van der Waals surface area contributed by atoms with Gasteiger partial charge in [0.25, 0.3) is 0 Å². The number of halogens is 3. The predicted molar refractivity (Wildman–Crippen MR) is 132 cm³/mol. The maximum Gasteiger partial charge on any atom is 0.416 e. The van der Waals surface area contributed by atoms with Gasteiger partial charge in [0.1, 0.15) is 6.07 Å². The molecule has 1 saturated heterocycles. The van der Waals surface area contributed by atoms with Gasteiger partial charge < -0.3 is 5.32 Å². The second kappa shape index (κ2) is 9.64. The summed E-state index contributed by atoms with van der Waals surface area (Å²) in [5.41, 5.74) is 3.42. The zero-order chi connectivity index (χ0) is 24.4. The van der Waals surface area contributed by atoms with E-state index in [1.807, 2.05) is 18.2 Å². The molecule has 0 bridgehead atoms. The van der Waals surface area contributed by atoms with Crippen LogP contribution in [0, 0.1) is 11.3 Å². The van der Waals surface area contributed by atoms with Crippen LogP contribution in [0.4, 0.5) is 18.9 Å². The van der Waals surface area contributed by atoms with Crippen LogP contribution in [0.3, 0.4) is 0 Å². The van der Waals surface area contributed by atoms with Crippen molar-refractivity contribution in [3.05, 3.63) is 78.0 Å². The SMILES string of the molecule is N#Cc1n[nH]c2ccc(-c3ccc(SN4CCC(Nc5ccc(C(F)(F)F)cc5)CC4)cc3)cc12. The van der Waals surface area contributed by atoms with Gasteiger partial charge in [0.05, 0.1) is 11.1 Å². The van der Waals surface area contributed by atoms with Gasteiger partial charge in [-0.3, -0.25) is 5.10 Å². The van der Waals surface area contributed by atoms with Crippen molar-refractivity contribution >= 4 is 28.5 Å². The summed E-state index contributed by atoms with van der Waals surface area (Å²) in [5, 5.41) is 20.3. The predicted octanol–water partition coefficient (Wildman–Crippen LogP) is 6.70. The van der Waals surface area contributed by atoms with E-state index in [-0.39, 0.29) is 6.04 Å². The molecule has 9 heteroatoms. The first-order chi connectivity index (χ1) is 16.9. The van der Waals surface area contributed by atoms with Crippen LogP contribution in [0.15, 0.2) is 71.6 Å². The Morgan fingerprint density at radius 1 is 0.971 bits per heavy atom. The molecule has 1 aliphatic rings. The minimum absolute atomic E-state index is 0.238. The fourth-order valence-corrected chi connectivity index (χ4v) is 5.17. The normalized spacial score (nSPS) is 15.3. The third-order valence-corrected chi connectivity index (χ3v) is 7.23. The third kappa shape index (κ3) is 5.29. The highest BCUT2D eigenvalue weighted by molar-refractivity contribution is 7.97. The van der Waals surface area contributed by atoms with Gasteiger partial charge in [-0.25, -0.2) is 4.31 Å². The van der Waals surface area contributed by atoms with E-state index >= 15 is 0 Å². The van der Waals surface area contributed by atoms with Gasteiger partial charge in [-0.2, -0.15) is 23.5 Å². The second-order valence-electron chi connectivity index (χ2n) is 8.48. The van der Waals surface area contributed by atoms with Crippen molar-refractivity contribution in [3.8, 4) is 17.2 Å². The van der Waals surface area contributed by atoms with Gasteiger partial charge in [0.15, 0.2) is 5.69 Å². The molecule has 5 rings (SSSR count). The second-order valence-corrected chi connectivity index (χ2v) is 9.65. The van der Waals surface area contributed by atoms with Crippen LogP contribution in [0.25, 0.3) is 22.0 Å². The van der Waals surface area contributed by atoms with E-state index in [0.717, 1.165) is 70.7 Å². The Morgan fingerprint density at radius 2 is 1.66 bits per heavy atom. The molecule has 2 heterocycles. The summed E-state index contributed by atoms with van der Waals surface area (Å²) in [6.45, 7) is 1.78. The molecule has 1 fully saturated rings. The summed E-state index contributed by atoms with van der Waals surface area (Å²) in [7, 11) is 0. The third-order valence-electron chi connectivity index (χ3n) is 6.13. The highest BCUT2D eigenvalue weighted by atomic mass is 32.2. The van der Waals surface area contributed by atoms with Crippen molar-refractivity contribution in [2.45, 2.75) is 30.0 Å². The van der Waals surface area contributed by atoms with E-state index in [4.69, 9.17) is 0 Å². The standard InChI is InChI=1S/C26H22F3N5S/c27-26(28,29)19-4-6-20(7-5-19)31-21-11-13-34(14-12-21)35-22-8-1-17(2-9-22)18-3-10-24-23(15-18)25(16-30)33-32-24/h1-10,15,21,31H,11-14H2,(H,32,33). The minimum atomic E-state index is -4.31. The van der Waals surface area contributed by atoms with Crippen molar-refractivity contribution in [2.75, 3.05) is 18.4 Å². The molecule has 0 atom stereocenters. The maximum atomic E-state index is 12.7. The fourth-order valence-electron chi connectivity index (χ4n) is 4.22. The molecule has 1 aromatic heterocycles. The van der Waals surface area contributed by atoms with E-state index in [1.165, 1.54) is 12.1 Å². The number of aromatic nitrogens is 2. The van der Waals surface area contributed by atoms with Crippen LogP contribution in [0.5, 0.6) is 0 Å². The number of nitrogens with one attached hydrogen (secondary N) is 2. The van der Waals surface area contributed by atoms with E-state index < -0.39 is 11.7 Å². The number of benzene rings is 3. The Kier molecular flexibility index (Phi) is 6.41. The van der Waals surface area contributed by atoms with Crippen LogP contribution in [0.1, 0.15) is 24.1 Å². The lowest BCUT2D eigenvalue weighted by Crippen LogP contribution is -2.35. The average molecular weight is 494 g/mol. The maximum absolute atomic E-state index is 12.7. The number of rotatable bonds is 5. The molecule has 178 valence electrons. The van der Waals surface area contributed by atoms with E-state index in [0.29, 0.717) is 5.69 Å². The molecule has 35 heavy (non-hydrogen) atoms. The monoisotopic (exact) mass is 493 g/mol. The summed E-state index contributed by atoms with van der Waals surface area (Å²) in [4.78, 5) is 1.14. The van der Waals surface area contributed by atoms with Crippen LogP contribution < -0.4 is 5.32 Å². The molecule has 3 aromatic carbocycles. The van der Waals surface area contributed by atoms with Crippen molar-refractivity contribution in [2.24, 2.45) is 0 Å². The van der Waals surface area contributed by atoms with Crippen molar-refractivity contribution in [1.29, 1.82) is 5.26 Å². The van der Waals surface area contributed by atoms with Crippen LogP contribution in [-0.2, 0) is 6.18 Å². The number of hydrogen-bond acceptors (Lipinski definition) is 5. The zero-order valence-corrected chi connectivity index (χ0v) is 19.5. The number of fused-ring (bicyclic) bond motifs is 1. The van der Waals surface area contributed by atoms with E-state index in [9.17, 15) is 18.4 Å².